The summed E-state index contributed by atoms with van der Waals surface area (Å²) in [6.45, 7) is 14.6. The highest BCUT2D eigenvalue weighted by Gasteiger charge is 2.33. The van der Waals surface area contributed by atoms with Gasteiger partial charge in [0.25, 0.3) is 0 Å². The van der Waals surface area contributed by atoms with Crippen molar-refractivity contribution in [3.8, 4) is 0 Å². The maximum Gasteiger partial charge on any atom is 0.324 e. The average molecular weight is 321 g/mol. The molecule has 0 bridgehead atoms. The summed E-state index contributed by atoms with van der Waals surface area (Å²) in [5.41, 5.74) is -1.02. The molecule has 2 atom stereocenters. The van der Waals surface area contributed by atoms with Crippen molar-refractivity contribution < 1.29 is 17.9 Å². The van der Waals surface area contributed by atoms with Gasteiger partial charge < -0.3 is 4.74 Å². The van der Waals surface area contributed by atoms with Crippen LogP contribution >= 0.6 is 0 Å². The first-order valence-corrected chi connectivity index (χ1v) is 9.05. The topological polar surface area (TPSA) is 72.5 Å². The van der Waals surface area contributed by atoms with Gasteiger partial charge in [-0.1, -0.05) is 41.0 Å². The number of rotatable bonds is 6. The smallest absolute Gasteiger partial charge is 0.324 e. The monoisotopic (exact) mass is 321 g/mol. The molecule has 0 radical (unpaired) electrons. The molecule has 21 heavy (non-hydrogen) atoms. The molecule has 0 aliphatic carbocycles. The van der Waals surface area contributed by atoms with Gasteiger partial charge in [-0.2, -0.15) is 0 Å². The molecule has 0 spiro atoms. The zero-order chi connectivity index (χ0) is 17.1. The molecule has 0 aliphatic heterocycles. The molecule has 0 aromatic carbocycles. The van der Waals surface area contributed by atoms with E-state index in [2.05, 4.69) is 4.72 Å². The Morgan fingerprint density at radius 3 is 1.95 bits per heavy atom. The molecule has 0 unspecified atom stereocenters. The highest BCUT2D eigenvalue weighted by atomic mass is 32.2. The van der Waals surface area contributed by atoms with Gasteiger partial charge in [0.2, 0.25) is 10.0 Å². The van der Waals surface area contributed by atoms with Crippen molar-refractivity contribution in [3.63, 3.8) is 0 Å². The van der Waals surface area contributed by atoms with E-state index in [-0.39, 0.29) is 17.1 Å². The third kappa shape index (κ3) is 9.09. The molecule has 1 N–H and O–H groups in total. The van der Waals surface area contributed by atoms with Crippen LogP contribution in [-0.4, -0.2) is 31.8 Å². The van der Waals surface area contributed by atoms with Crippen molar-refractivity contribution in [2.24, 2.45) is 11.3 Å². The minimum Gasteiger partial charge on any atom is -0.459 e. The van der Waals surface area contributed by atoms with E-state index < -0.39 is 27.6 Å². The average Bonchev–Trinajstić information content (AvgIpc) is 2.18. The molecule has 126 valence electrons. The van der Waals surface area contributed by atoms with E-state index in [1.165, 1.54) is 0 Å². The van der Waals surface area contributed by atoms with Gasteiger partial charge >= 0.3 is 5.97 Å². The lowest BCUT2D eigenvalue weighted by Gasteiger charge is -2.28. The summed E-state index contributed by atoms with van der Waals surface area (Å²) in [5.74, 6) is -0.681. The Morgan fingerprint density at radius 2 is 1.62 bits per heavy atom. The molecule has 5 nitrogen and oxygen atoms in total. The zero-order valence-corrected chi connectivity index (χ0v) is 15.4. The molecule has 0 aromatic heterocycles. The number of esters is 1. The van der Waals surface area contributed by atoms with Crippen molar-refractivity contribution in [2.75, 3.05) is 5.75 Å². The van der Waals surface area contributed by atoms with E-state index in [9.17, 15) is 13.2 Å². The van der Waals surface area contributed by atoms with Gasteiger partial charge in [-0.25, -0.2) is 13.1 Å². The van der Waals surface area contributed by atoms with E-state index in [1.807, 2.05) is 34.6 Å². The second-order valence-electron chi connectivity index (χ2n) is 7.83. The van der Waals surface area contributed by atoms with E-state index in [4.69, 9.17) is 4.74 Å². The maximum atomic E-state index is 12.3. The Bertz CT molecular complexity index is 443. The van der Waals surface area contributed by atoms with Crippen LogP contribution in [0.3, 0.4) is 0 Å². The van der Waals surface area contributed by atoms with Crippen LogP contribution in [-0.2, 0) is 19.6 Å². The molecule has 0 fully saturated rings. The fourth-order valence-corrected chi connectivity index (χ4v) is 3.74. The predicted octanol–water partition coefficient (Wildman–Crippen LogP) is 2.71. The summed E-state index contributed by atoms with van der Waals surface area (Å²) >= 11 is 0. The quantitative estimate of drug-likeness (QED) is 0.763. The second-order valence-corrected chi connectivity index (χ2v) is 9.59. The Labute approximate surface area is 129 Å². The van der Waals surface area contributed by atoms with Crippen LogP contribution in [0.2, 0.25) is 0 Å². The summed E-state index contributed by atoms with van der Waals surface area (Å²) in [6.07, 6.45) is 0.682. The van der Waals surface area contributed by atoms with Crippen LogP contribution in [0.25, 0.3) is 0 Å². The molecule has 6 heteroatoms. The van der Waals surface area contributed by atoms with E-state index >= 15 is 0 Å². The SMILES string of the molecule is CC[C@H](C)[C@H](NS(=O)(=O)CC(C)(C)C)C(=O)OC(C)(C)C. The summed E-state index contributed by atoms with van der Waals surface area (Å²) in [5, 5.41) is 0. The molecule has 0 amide bonds. The lowest BCUT2D eigenvalue weighted by atomic mass is 10.00. The maximum absolute atomic E-state index is 12.3. The normalized spacial score (nSPS) is 16.4. The largest absolute Gasteiger partial charge is 0.459 e. The molecule has 0 rings (SSSR count). The Hall–Kier alpha value is -0.620. The lowest BCUT2D eigenvalue weighted by molar-refractivity contribution is -0.158. The fourth-order valence-electron chi connectivity index (χ4n) is 1.80. The van der Waals surface area contributed by atoms with Gasteiger partial charge in [0, 0.05) is 0 Å². The zero-order valence-electron chi connectivity index (χ0n) is 14.6. The van der Waals surface area contributed by atoms with Crippen molar-refractivity contribution in [2.45, 2.75) is 73.5 Å². The number of ether oxygens (including phenoxy) is 1. The summed E-state index contributed by atoms with van der Waals surface area (Å²) in [7, 11) is -3.55. The Balaban J connectivity index is 5.15. The van der Waals surface area contributed by atoms with Gasteiger partial charge in [0.05, 0.1) is 5.75 Å². The van der Waals surface area contributed by atoms with Gasteiger partial charge in [-0.15, -0.1) is 0 Å². The highest BCUT2D eigenvalue weighted by molar-refractivity contribution is 7.89. The van der Waals surface area contributed by atoms with Gasteiger partial charge in [-0.3, -0.25) is 4.79 Å². The number of hydrogen-bond acceptors (Lipinski definition) is 4. The number of nitrogens with one attached hydrogen (secondary N) is 1. The van der Waals surface area contributed by atoms with E-state index in [0.29, 0.717) is 6.42 Å². The van der Waals surface area contributed by atoms with Gasteiger partial charge in [0.15, 0.2) is 0 Å². The number of sulfonamides is 1. The first kappa shape index (κ1) is 20.4. The summed E-state index contributed by atoms with van der Waals surface area (Å²) < 4.78 is 32.3. The lowest BCUT2D eigenvalue weighted by Crippen LogP contribution is -2.49. The summed E-state index contributed by atoms with van der Waals surface area (Å²) in [6, 6.07) is -0.846. The van der Waals surface area contributed by atoms with Gasteiger partial charge in [0.1, 0.15) is 11.6 Å². The molecule has 0 aromatic rings. The third-order valence-electron chi connectivity index (χ3n) is 2.80. The van der Waals surface area contributed by atoms with Crippen molar-refractivity contribution in [1.82, 2.24) is 4.72 Å². The summed E-state index contributed by atoms with van der Waals surface area (Å²) in [4.78, 5) is 12.3. The van der Waals surface area contributed by atoms with Crippen LogP contribution in [0.4, 0.5) is 0 Å². The Morgan fingerprint density at radius 1 is 1.14 bits per heavy atom. The first-order valence-electron chi connectivity index (χ1n) is 7.40. The predicted molar refractivity (Wildman–Crippen MR) is 85.5 cm³/mol. The number of carbonyl (C=O) groups excluding carboxylic acids is 1. The number of hydrogen-bond donors (Lipinski definition) is 1. The van der Waals surface area contributed by atoms with Crippen LogP contribution in [0.5, 0.6) is 0 Å². The van der Waals surface area contributed by atoms with Crippen LogP contribution in [0.15, 0.2) is 0 Å². The second kappa shape index (κ2) is 7.09. The Kier molecular flexibility index (Phi) is 6.88. The number of carbonyl (C=O) groups is 1. The molecule has 0 saturated heterocycles. The van der Waals surface area contributed by atoms with E-state index in [0.717, 1.165) is 0 Å². The first-order chi connectivity index (χ1) is 9.17. The van der Waals surface area contributed by atoms with Crippen LogP contribution < -0.4 is 4.72 Å². The molecule has 0 aliphatic rings. The van der Waals surface area contributed by atoms with Crippen LogP contribution in [0.1, 0.15) is 61.8 Å². The van der Waals surface area contributed by atoms with Gasteiger partial charge in [-0.05, 0) is 32.1 Å². The highest BCUT2D eigenvalue weighted by Crippen LogP contribution is 2.19. The standard InChI is InChI=1S/C15H31NO4S/c1-9-11(2)12(13(17)20-15(6,7)8)16-21(18,19)10-14(3,4)5/h11-12,16H,9-10H2,1-8H3/t11-,12-/m0/s1. The van der Waals surface area contributed by atoms with Crippen LogP contribution in [0, 0.1) is 11.3 Å². The minimum absolute atomic E-state index is 0.0320. The van der Waals surface area contributed by atoms with E-state index in [1.54, 1.807) is 20.8 Å². The molecular weight excluding hydrogens is 290 g/mol. The molecule has 0 heterocycles. The molecular formula is C15H31NO4S. The fraction of sp³-hybridized carbons (Fsp3) is 0.933. The van der Waals surface area contributed by atoms with Crippen molar-refractivity contribution >= 4 is 16.0 Å². The van der Waals surface area contributed by atoms with Crippen molar-refractivity contribution in [1.29, 1.82) is 0 Å². The van der Waals surface area contributed by atoms with Crippen molar-refractivity contribution in [3.05, 3.63) is 0 Å². The third-order valence-corrected chi connectivity index (χ3v) is 4.66. The minimum atomic E-state index is -3.55. The molecule has 0 saturated carbocycles.